The van der Waals surface area contributed by atoms with Gasteiger partial charge in [0.05, 0.1) is 23.4 Å². The minimum absolute atomic E-state index is 0.0746. The highest BCUT2D eigenvalue weighted by Crippen LogP contribution is 2.29. The van der Waals surface area contributed by atoms with Gasteiger partial charge in [0.15, 0.2) is 5.82 Å². The predicted molar refractivity (Wildman–Crippen MR) is 114 cm³/mol. The number of aromatic nitrogens is 5. The van der Waals surface area contributed by atoms with Gasteiger partial charge in [-0.1, -0.05) is 6.07 Å². The molecule has 3 aliphatic heterocycles. The van der Waals surface area contributed by atoms with Crippen LogP contribution in [0.3, 0.4) is 0 Å². The molecule has 0 bridgehead atoms. The summed E-state index contributed by atoms with van der Waals surface area (Å²) in [4.78, 5) is 33.8. The lowest BCUT2D eigenvalue weighted by atomic mass is 10.0. The van der Waals surface area contributed by atoms with Gasteiger partial charge in [-0.15, -0.1) is 5.10 Å². The second-order valence-electron chi connectivity index (χ2n) is 8.63. The molecule has 3 atom stereocenters. The van der Waals surface area contributed by atoms with E-state index in [0.29, 0.717) is 48.7 Å². The Morgan fingerprint density at radius 1 is 1.26 bits per heavy atom. The number of hydrogen-bond donors (Lipinski definition) is 1. The number of amides is 2. The van der Waals surface area contributed by atoms with Crippen LogP contribution in [0.1, 0.15) is 25.0 Å². The molecule has 180 valence electrons. The Morgan fingerprint density at radius 3 is 2.76 bits per heavy atom. The molecular weight excluding hydrogens is 447 g/mol. The highest BCUT2D eigenvalue weighted by molar-refractivity contribution is 5.92. The minimum atomic E-state index is -1.25. The Labute approximate surface area is 194 Å². The van der Waals surface area contributed by atoms with Crippen LogP contribution in [0.4, 0.5) is 9.18 Å². The molecule has 2 amide bonds. The smallest absolute Gasteiger partial charge is 0.336 e. The summed E-state index contributed by atoms with van der Waals surface area (Å²) in [5.74, 6) is 0.103. The average Bonchev–Trinajstić information content (AvgIpc) is 3.57. The molecule has 2 saturated heterocycles. The number of aliphatic hydroxyl groups excluding tert-OH is 1. The summed E-state index contributed by atoms with van der Waals surface area (Å²) in [6, 6.07) is 2.61. The van der Waals surface area contributed by atoms with E-state index >= 15 is 4.39 Å². The molecule has 0 saturated carbocycles. The summed E-state index contributed by atoms with van der Waals surface area (Å²) in [5.41, 5.74) is 1.60. The Balaban J connectivity index is 1.17. The molecule has 2 fully saturated rings. The van der Waals surface area contributed by atoms with E-state index in [-0.39, 0.29) is 25.7 Å². The van der Waals surface area contributed by atoms with Gasteiger partial charge in [-0.25, -0.2) is 19.0 Å². The van der Waals surface area contributed by atoms with E-state index in [0.717, 1.165) is 0 Å². The number of tetrazole rings is 1. The summed E-state index contributed by atoms with van der Waals surface area (Å²) in [5, 5.41) is 21.5. The maximum absolute atomic E-state index is 15.2. The van der Waals surface area contributed by atoms with Crippen LogP contribution in [0.2, 0.25) is 0 Å². The van der Waals surface area contributed by atoms with Crippen LogP contribution in [0.5, 0.6) is 0 Å². The molecule has 5 rings (SSSR count). The van der Waals surface area contributed by atoms with E-state index in [9.17, 15) is 14.7 Å². The highest BCUT2D eigenvalue weighted by atomic mass is 19.1. The number of pyridine rings is 1. The number of urea groups is 1. The van der Waals surface area contributed by atoms with Crippen molar-refractivity contribution in [2.75, 3.05) is 39.3 Å². The van der Waals surface area contributed by atoms with Gasteiger partial charge in [0.2, 0.25) is 0 Å². The molecule has 2 aromatic heterocycles. The van der Waals surface area contributed by atoms with Gasteiger partial charge in [0.25, 0.3) is 0 Å². The molecule has 13 heteroatoms. The number of ether oxygens (including phenoxy) is 1. The first-order valence-corrected chi connectivity index (χ1v) is 11.1. The Bertz CT molecular complexity index is 1090. The maximum Gasteiger partial charge on any atom is 0.336 e. The van der Waals surface area contributed by atoms with Gasteiger partial charge in [0.1, 0.15) is 19.1 Å². The van der Waals surface area contributed by atoms with Crippen molar-refractivity contribution in [3.05, 3.63) is 41.5 Å². The molecule has 0 radical (unpaired) electrons. The van der Waals surface area contributed by atoms with Crippen LogP contribution in [0.25, 0.3) is 5.82 Å². The Morgan fingerprint density at radius 2 is 2.12 bits per heavy atom. The molecule has 5 heterocycles. The van der Waals surface area contributed by atoms with Crippen molar-refractivity contribution in [2.45, 2.75) is 31.7 Å². The lowest BCUT2D eigenvalue weighted by Gasteiger charge is -2.39. The number of hydrogen-bond acceptors (Lipinski definition) is 9. The number of rotatable bonds is 6. The largest absolute Gasteiger partial charge is 0.456 e. The number of nitrogens with zero attached hydrogens (tertiary/aromatic N) is 8. The highest BCUT2D eigenvalue weighted by Gasteiger charge is 2.43. The number of cyclic esters (lactones) is 1. The normalized spacial score (nSPS) is 24.8. The number of piperidine rings is 1. The Hall–Kier alpha value is -3.45. The van der Waals surface area contributed by atoms with Gasteiger partial charge >= 0.3 is 12.0 Å². The second kappa shape index (κ2) is 9.06. The summed E-state index contributed by atoms with van der Waals surface area (Å²) < 4.78 is 21.6. The SMILES string of the molecule is CC1=C(N2CCN([C@H]3CCN(C[C@H](O)c4ccc(-n5cnnn5)nc4)C[C@@H]3F)C2=O)COC1=O. The topological polar surface area (TPSA) is 130 Å². The van der Waals surface area contributed by atoms with E-state index in [2.05, 4.69) is 20.5 Å². The van der Waals surface area contributed by atoms with E-state index in [1.165, 1.54) is 15.9 Å². The van der Waals surface area contributed by atoms with Crippen molar-refractivity contribution in [2.24, 2.45) is 0 Å². The number of carbonyl (C=O) groups excluding carboxylic acids is 2. The first-order chi connectivity index (χ1) is 16.4. The molecule has 0 spiro atoms. The summed E-state index contributed by atoms with van der Waals surface area (Å²) >= 11 is 0. The van der Waals surface area contributed by atoms with Crippen molar-refractivity contribution in [3.63, 3.8) is 0 Å². The zero-order chi connectivity index (χ0) is 23.8. The van der Waals surface area contributed by atoms with Gasteiger partial charge in [0, 0.05) is 44.5 Å². The zero-order valence-electron chi connectivity index (χ0n) is 18.6. The van der Waals surface area contributed by atoms with Crippen molar-refractivity contribution < 1.29 is 23.8 Å². The zero-order valence-corrected chi connectivity index (χ0v) is 18.6. The van der Waals surface area contributed by atoms with Gasteiger partial charge < -0.3 is 14.7 Å². The van der Waals surface area contributed by atoms with E-state index in [1.807, 2.05) is 4.90 Å². The van der Waals surface area contributed by atoms with Crippen LogP contribution in [-0.4, -0.2) is 109 Å². The quantitative estimate of drug-likeness (QED) is 0.581. The molecule has 0 aromatic carbocycles. The molecule has 0 unspecified atom stereocenters. The van der Waals surface area contributed by atoms with Crippen molar-refractivity contribution in [1.29, 1.82) is 0 Å². The third kappa shape index (κ3) is 4.12. The molecular formula is C21H25FN8O4. The average molecular weight is 472 g/mol. The van der Waals surface area contributed by atoms with E-state index < -0.39 is 24.3 Å². The lowest BCUT2D eigenvalue weighted by Crippen LogP contribution is -2.54. The first-order valence-electron chi connectivity index (χ1n) is 11.1. The van der Waals surface area contributed by atoms with Gasteiger partial charge in [-0.3, -0.25) is 9.80 Å². The van der Waals surface area contributed by atoms with Crippen LogP contribution < -0.4 is 0 Å². The number of likely N-dealkylation sites (tertiary alicyclic amines) is 1. The molecule has 2 aromatic rings. The standard InChI is InChI=1S/C21H25FN8O4/c1-13-17(11-34-20(13)32)29-7-6-28(21(29)33)16-4-5-27(9-15(16)22)10-18(31)14-2-3-19(23-8-14)30-12-24-25-26-30/h2-3,8,12,15-16,18,31H,4-7,9-11H2,1H3/t15-,16-,18-/m0/s1. The van der Waals surface area contributed by atoms with Crippen molar-refractivity contribution in [3.8, 4) is 5.82 Å². The molecule has 12 nitrogen and oxygen atoms in total. The molecule has 0 aliphatic carbocycles. The summed E-state index contributed by atoms with van der Waals surface area (Å²) in [6.07, 6.45) is 1.34. The van der Waals surface area contributed by atoms with Gasteiger partial charge in [-0.05, 0) is 29.8 Å². The number of halogens is 1. The first kappa shape index (κ1) is 22.3. The van der Waals surface area contributed by atoms with Crippen LogP contribution in [0.15, 0.2) is 35.9 Å². The van der Waals surface area contributed by atoms with Crippen molar-refractivity contribution in [1.82, 2.24) is 39.9 Å². The monoisotopic (exact) mass is 472 g/mol. The third-order valence-electron chi connectivity index (χ3n) is 6.61. The third-order valence-corrected chi connectivity index (χ3v) is 6.61. The molecule has 3 aliphatic rings. The fourth-order valence-electron chi connectivity index (χ4n) is 4.68. The van der Waals surface area contributed by atoms with Crippen molar-refractivity contribution >= 4 is 12.0 Å². The second-order valence-corrected chi connectivity index (χ2v) is 8.63. The lowest BCUT2D eigenvalue weighted by molar-refractivity contribution is -0.136. The number of aliphatic hydroxyl groups is 1. The van der Waals surface area contributed by atoms with E-state index in [1.54, 1.807) is 30.2 Å². The molecule has 1 N–H and O–H groups in total. The van der Waals surface area contributed by atoms with E-state index in [4.69, 9.17) is 4.74 Å². The molecule has 34 heavy (non-hydrogen) atoms. The number of β-amino-alcohol motifs (C(OH)–C–C–N with tert-alkyl or cyclic N) is 1. The van der Waals surface area contributed by atoms with Crippen LogP contribution >= 0.6 is 0 Å². The fraction of sp³-hybridized carbons (Fsp3) is 0.524. The number of carbonyl (C=O) groups is 2. The predicted octanol–water partition coefficient (Wildman–Crippen LogP) is 0.0715. The maximum atomic E-state index is 15.2. The number of esters is 1. The fourth-order valence-corrected chi connectivity index (χ4v) is 4.68. The summed E-state index contributed by atoms with van der Waals surface area (Å²) in [7, 11) is 0. The van der Waals surface area contributed by atoms with Crippen LogP contribution in [-0.2, 0) is 9.53 Å². The van der Waals surface area contributed by atoms with Gasteiger partial charge in [-0.2, -0.15) is 4.68 Å². The van der Waals surface area contributed by atoms with Crippen LogP contribution in [0, 0.1) is 0 Å². The number of alkyl halides is 1. The minimum Gasteiger partial charge on any atom is -0.456 e. The summed E-state index contributed by atoms with van der Waals surface area (Å²) in [6.45, 7) is 3.43. The Kier molecular flexibility index (Phi) is 5.96.